The zero-order chi connectivity index (χ0) is 18.5. The third kappa shape index (κ3) is 4.59. The number of pyridine rings is 1. The van der Waals surface area contributed by atoms with Crippen molar-refractivity contribution in [1.29, 1.82) is 0 Å². The van der Waals surface area contributed by atoms with E-state index in [4.69, 9.17) is 0 Å². The average Bonchev–Trinajstić information content (AvgIpc) is 3.07. The van der Waals surface area contributed by atoms with Crippen molar-refractivity contribution >= 4 is 34.6 Å². The maximum absolute atomic E-state index is 11.9. The molecule has 0 spiro atoms. The minimum atomic E-state index is -0.117. The third-order valence-corrected chi connectivity index (χ3v) is 4.45. The average molecular weight is 352 g/mol. The standard InChI is InChI=1S/C20H24N4O2/c1-13(25)18-12-21-20(11-19(18)23-15-6-3-4-7-15)24-17-9-5-8-16(10-17)22-14(2)26/h5,8-12,15H,3-4,6-7H2,1-2H3,(H,22,26)(H2,21,23,24). The Morgan fingerprint density at radius 2 is 1.81 bits per heavy atom. The van der Waals surface area contributed by atoms with Crippen molar-refractivity contribution < 1.29 is 9.59 Å². The van der Waals surface area contributed by atoms with Crippen molar-refractivity contribution in [3.63, 3.8) is 0 Å². The van der Waals surface area contributed by atoms with Crippen molar-refractivity contribution in [3.8, 4) is 0 Å². The van der Waals surface area contributed by atoms with E-state index in [1.807, 2.05) is 30.3 Å². The van der Waals surface area contributed by atoms with Gasteiger partial charge in [-0.1, -0.05) is 18.9 Å². The van der Waals surface area contributed by atoms with Gasteiger partial charge in [0, 0.05) is 36.6 Å². The molecule has 1 aromatic carbocycles. The van der Waals surface area contributed by atoms with E-state index in [0.717, 1.165) is 24.2 Å². The second-order valence-corrected chi connectivity index (χ2v) is 6.68. The molecule has 0 saturated heterocycles. The molecule has 0 aliphatic heterocycles. The van der Waals surface area contributed by atoms with Crippen molar-refractivity contribution in [2.24, 2.45) is 0 Å². The zero-order valence-electron chi connectivity index (χ0n) is 15.1. The number of amides is 1. The molecule has 0 bridgehead atoms. The van der Waals surface area contributed by atoms with Gasteiger partial charge < -0.3 is 16.0 Å². The summed E-state index contributed by atoms with van der Waals surface area (Å²) in [4.78, 5) is 27.5. The first-order chi connectivity index (χ1) is 12.5. The number of hydrogen-bond donors (Lipinski definition) is 3. The highest BCUT2D eigenvalue weighted by atomic mass is 16.1. The summed E-state index contributed by atoms with van der Waals surface area (Å²) in [5.74, 6) is 0.529. The molecule has 1 amide bonds. The fourth-order valence-electron chi connectivity index (χ4n) is 3.24. The quantitative estimate of drug-likeness (QED) is 0.674. The summed E-state index contributed by atoms with van der Waals surface area (Å²) in [6.07, 6.45) is 6.31. The number of carbonyl (C=O) groups excluding carboxylic acids is 2. The van der Waals surface area contributed by atoms with Crippen molar-refractivity contribution in [2.75, 3.05) is 16.0 Å². The van der Waals surface area contributed by atoms with Crippen LogP contribution in [0, 0.1) is 0 Å². The molecule has 136 valence electrons. The molecule has 26 heavy (non-hydrogen) atoms. The Morgan fingerprint density at radius 1 is 1.08 bits per heavy atom. The van der Waals surface area contributed by atoms with Crippen LogP contribution in [0.5, 0.6) is 0 Å². The van der Waals surface area contributed by atoms with E-state index in [-0.39, 0.29) is 11.7 Å². The molecule has 1 fully saturated rings. The number of Topliss-reactive ketones (excluding diaryl/α,β-unsaturated/α-hetero) is 1. The van der Waals surface area contributed by atoms with Crippen LogP contribution in [0.25, 0.3) is 0 Å². The van der Waals surface area contributed by atoms with Gasteiger partial charge in [-0.15, -0.1) is 0 Å². The number of aromatic nitrogens is 1. The Morgan fingerprint density at radius 3 is 2.50 bits per heavy atom. The van der Waals surface area contributed by atoms with E-state index in [2.05, 4.69) is 20.9 Å². The first kappa shape index (κ1) is 17.9. The Balaban J connectivity index is 1.81. The molecule has 0 atom stereocenters. The van der Waals surface area contributed by atoms with Crippen LogP contribution in [0.4, 0.5) is 22.9 Å². The first-order valence-electron chi connectivity index (χ1n) is 8.93. The number of carbonyl (C=O) groups is 2. The first-order valence-corrected chi connectivity index (χ1v) is 8.93. The van der Waals surface area contributed by atoms with Gasteiger partial charge >= 0.3 is 0 Å². The third-order valence-electron chi connectivity index (χ3n) is 4.45. The molecule has 2 aromatic rings. The largest absolute Gasteiger partial charge is 0.382 e. The monoisotopic (exact) mass is 352 g/mol. The lowest BCUT2D eigenvalue weighted by Gasteiger charge is -2.17. The zero-order valence-corrected chi connectivity index (χ0v) is 15.1. The molecule has 1 heterocycles. The van der Waals surface area contributed by atoms with Crippen molar-refractivity contribution in [3.05, 3.63) is 42.1 Å². The van der Waals surface area contributed by atoms with Crippen molar-refractivity contribution in [2.45, 2.75) is 45.6 Å². The van der Waals surface area contributed by atoms with Gasteiger partial charge in [-0.3, -0.25) is 9.59 Å². The van der Waals surface area contributed by atoms with Gasteiger partial charge in [-0.2, -0.15) is 0 Å². The smallest absolute Gasteiger partial charge is 0.221 e. The van der Waals surface area contributed by atoms with Crippen LogP contribution >= 0.6 is 0 Å². The van der Waals surface area contributed by atoms with Gasteiger partial charge in [-0.05, 0) is 38.0 Å². The number of nitrogens with one attached hydrogen (secondary N) is 3. The number of hydrogen-bond acceptors (Lipinski definition) is 5. The van der Waals surface area contributed by atoms with Gasteiger partial charge in [0.2, 0.25) is 5.91 Å². The lowest BCUT2D eigenvalue weighted by molar-refractivity contribution is -0.114. The van der Waals surface area contributed by atoms with Crippen LogP contribution in [0.1, 0.15) is 49.9 Å². The van der Waals surface area contributed by atoms with E-state index < -0.39 is 0 Å². The van der Waals surface area contributed by atoms with Gasteiger partial charge in [-0.25, -0.2) is 4.98 Å². The predicted molar refractivity (Wildman–Crippen MR) is 104 cm³/mol. The molecular weight excluding hydrogens is 328 g/mol. The highest BCUT2D eigenvalue weighted by Gasteiger charge is 2.18. The van der Waals surface area contributed by atoms with E-state index >= 15 is 0 Å². The summed E-state index contributed by atoms with van der Waals surface area (Å²) in [5, 5.41) is 9.49. The second-order valence-electron chi connectivity index (χ2n) is 6.68. The molecule has 3 N–H and O–H groups in total. The molecule has 3 rings (SSSR count). The van der Waals surface area contributed by atoms with Gasteiger partial charge in [0.05, 0.1) is 11.3 Å². The van der Waals surface area contributed by atoms with Crippen molar-refractivity contribution in [1.82, 2.24) is 4.98 Å². The fraction of sp³-hybridized carbons (Fsp3) is 0.350. The lowest BCUT2D eigenvalue weighted by atomic mass is 10.1. The summed E-state index contributed by atoms with van der Waals surface area (Å²) in [5.41, 5.74) is 2.95. The van der Waals surface area contributed by atoms with E-state index in [1.54, 1.807) is 13.1 Å². The number of ketones is 1. The SMILES string of the molecule is CC(=O)Nc1cccc(Nc2cc(NC3CCCC3)c(C(C)=O)cn2)c1. The number of benzene rings is 1. The molecule has 6 heteroatoms. The number of rotatable bonds is 6. The molecular formula is C20H24N4O2. The van der Waals surface area contributed by atoms with Crippen LogP contribution in [-0.4, -0.2) is 22.7 Å². The summed E-state index contributed by atoms with van der Waals surface area (Å²) in [7, 11) is 0. The van der Waals surface area contributed by atoms with Gasteiger partial charge in [0.15, 0.2) is 5.78 Å². The Bertz CT molecular complexity index is 813. The number of anilines is 4. The Kier molecular flexibility index (Phi) is 5.51. The van der Waals surface area contributed by atoms with E-state index in [0.29, 0.717) is 23.1 Å². The Labute approximate surface area is 153 Å². The second kappa shape index (κ2) is 7.99. The fourth-order valence-corrected chi connectivity index (χ4v) is 3.24. The van der Waals surface area contributed by atoms with Crippen LogP contribution in [0.15, 0.2) is 36.5 Å². The molecule has 1 saturated carbocycles. The molecule has 0 radical (unpaired) electrons. The highest BCUT2D eigenvalue weighted by Crippen LogP contribution is 2.27. The maximum atomic E-state index is 11.9. The molecule has 0 unspecified atom stereocenters. The summed E-state index contributed by atoms with van der Waals surface area (Å²) < 4.78 is 0. The summed E-state index contributed by atoms with van der Waals surface area (Å²) >= 11 is 0. The molecule has 1 aliphatic carbocycles. The van der Waals surface area contributed by atoms with E-state index in [9.17, 15) is 9.59 Å². The van der Waals surface area contributed by atoms with E-state index in [1.165, 1.54) is 19.8 Å². The minimum absolute atomic E-state index is 0.00259. The van der Waals surface area contributed by atoms with Gasteiger partial charge in [0.25, 0.3) is 0 Å². The Hall–Kier alpha value is -2.89. The predicted octanol–water partition coefficient (Wildman–Crippen LogP) is 4.34. The van der Waals surface area contributed by atoms with Crippen LogP contribution < -0.4 is 16.0 Å². The van der Waals surface area contributed by atoms with Crippen LogP contribution in [0.3, 0.4) is 0 Å². The molecule has 1 aromatic heterocycles. The van der Waals surface area contributed by atoms with Crippen LogP contribution in [-0.2, 0) is 4.79 Å². The molecule has 6 nitrogen and oxygen atoms in total. The summed E-state index contributed by atoms with van der Waals surface area (Å²) in [6.45, 7) is 3.03. The lowest BCUT2D eigenvalue weighted by Crippen LogP contribution is -2.17. The topological polar surface area (TPSA) is 83.1 Å². The van der Waals surface area contributed by atoms with Crippen LogP contribution in [0.2, 0.25) is 0 Å². The number of nitrogens with zero attached hydrogens (tertiary/aromatic N) is 1. The minimum Gasteiger partial charge on any atom is -0.382 e. The highest BCUT2D eigenvalue weighted by molar-refractivity contribution is 5.99. The summed E-state index contributed by atoms with van der Waals surface area (Å²) in [6, 6.07) is 9.70. The van der Waals surface area contributed by atoms with Gasteiger partial charge in [0.1, 0.15) is 5.82 Å². The molecule has 1 aliphatic rings. The normalized spacial score (nSPS) is 14.1. The maximum Gasteiger partial charge on any atom is 0.221 e.